The first kappa shape index (κ1) is 22.5. The van der Waals surface area contributed by atoms with Gasteiger partial charge in [0.15, 0.2) is 0 Å². The molecule has 10 heteroatoms. The molecule has 1 heterocycles. The lowest BCUT2D eigenvalue weighted by atomic mass is 10.0. The summed E-state index contributed by atoms with van der Waals surface area (Å²) >= 11 is 6.70. The molecule has 0 spiro atoms. The molecular formula is C17H27N2O5PS2. The van der Waals surface area contributed by atoms with Gasteiger partial charge in [-0.3, -0.25) is 9.62 Å². The standard InChI is InChI=1S/C17H27N2O5PS2/c1-5-22-25(26,23-6-2)11-18-27-12-19(16(20)21)14-9-7-8-13-10-17(3,4)24-15(13)14/h7-9,18H,5-6,10-12H2,1-4H3,(H,20,21). The fraction of sp³-hybridized carbons (Fsp3) is 0.588. The molecule has 0 saturated heterocycles. The van der Waals surface area contributed by atoms with Crippen LogP contribution < -0.4 is 14.4 Å². The average Bonchev–Trinajstić information content (AvgIpc) is 2.89. The molecule has 7 nitrogen and oxygen atoms in total. The SMILES string of the molecule is CCOP(=S)(CNSCN(C(=O)O)c1cccc2c1OC(C)(C)C2)OCC. The summed E-state index contributed by atoms with van der Waals surface area (Å²) in [4.78, 5) is 13.1. The van der Waals surface area contributed by atoms with Crippen molar-refractivity contribution in [1.29, 1.82) is 0 Å². The van der Waals surface area contributed by atoms with E-state index in [-0.39, 0.29) is 11.5 Å². The summed E-state index contributed by atoms with van der Waals surface area (Å²) in [6.45, 7) is 6.29. The van der Waals surface area contributed by atoms with E-state index >= 15 is 0 Å². The number of carboxylic acid groups (broad SMARTS) is 1. The maximum Gasteiger partial charge on any atom is 0.412 e. The van der Waals surface area contributed by atoms with Gasteiger partial charge in [-0.25, -0.2) is 4.79 Å². The number of fused-ring (bicyclic) bond motifs is 1. The van der Waals surface area contributed by atoms with Gasteiger partial charge in [0.1, 0.15) is 11.4 Å². The zero-order chi connectivity index (χ0) is 20.1. The Morgan fingerprint density at radius 3 is 2.67 bits per heavy atom. The molecule has 27 heavy (non-hydrogen) atoms. The number of rotatable bonds is 10. The average molecular weight is 435 g/mol. The van der Waals surface area contributed by atoms with Crippen molar-refractivity contribution in [3.8, 4) is 5.75 Å². The van der Waals surface area contributed by atoms with E-state index in [0.717, 1.165) is 12.0 Å². The van der Waals surface area contributed by atoms with Crippen molar-refractivity contribution >= 4 is 42.0 Å². The lowest BCUT2D eigenvalue weighted by Gasteiger charge is -2.24. The second-order valence-corrected chi connectivity index (χ2v) is 11.1. The highest BCUT2D eigenvalue weighted by Crippen LogP contribution is 2.47. The number of benzene rings is 1. The Morgan fingerprint density at radius 1 is 1.41 bits per heavy atom. The minimum atomic E-state index is -2.39. The van der Waals surface area contributed by atoms with E-state index in [1.54, 1.807) is 6.07 Å². The van der Waals surface area contributed by atoms with Crippen molar-refractivity contribution in [2.24, 2.45) is 0 Å². The summed E-state index contributed by atoms with van der Waals surface area (Å²) in [5, 5.41) is 9.68. The summed E-state index contributed by atoms with van der Waals surface area (Å²) < 4.78 is 20.2. The maximum absolute atomic E-state index is 11.8. The van der Waals surface area contributed by atoms with Gasteiger partial charge in [0, 0.05) is 12.0 Å². The summed E-state index contributed by atoms with van der Waals surface area (Å²) in [6, 6.07) is 5.59. The molecule has 1 aliphatic heterocycles. The summed E-state index contributed by atoms with van der Waals surface area (Å²) in [7, 11) is 0. The first-order valence-corrected chi connectivity index (χ1v) is 12.6. The topological polar surface area (TPSA) is 80.3 Å². The van der Waals surface area contributed by atoms with Gasteiger partial charge in [-0.15, -0.1) is 0 Å². The molecule has 2 N–H and O–H groups in total. The van der Waals surface area contributed by atoms with Gasteiger partial charge in [-0.05, 0) is 45.6 Å². The molecule has 0 unspecified atom stereocenters. The van der Waals surface area contributed by atoms with E-state index in [4.69, 9.17) is 25.6 Å². The summed E-state index contributed by atoms with van der Waals surface area (Å²) in [6.07, 6.45) is 0.0688. The number of hydrogen-bond donors (Lipinski definition) is 2. The third kappa shape index (κ3) is 6.07. The minimum absolute atomic E-state index is 0.184. The van der Waals surface area contributed by atoms with Gasteiger partial charge in [0.2, 0.25) is 6.49 Å². The molecule has 0 bridgehead atoms. The van der Waals surface area contributed by atoms with E-state index < -0.39 is 12.6 Å². The number of ether oxygens (including phenoxy) is 1. The molecule has 152 valence electrons. The van der Waals surface area contributed by atoms with Crippen molar-refractivity contribution in [2.45, 2.75) is 39.7 Å². The maximum atomic E-state index is 11.8. The van der Waals surface area contributed by atoms with Crippen LogP contribution in [0.2, 0.25) is 0 Å². The van der Waals surface area contributed by atoms with Crippen LogP contribution in [0.25, 0.3) is 0 Å². The second kappa shape index (κ2) is 9.58. The molecule has 0 radical (unpaired) electrons. The van der Waals surface area contributed by atoms with E-state index in [9.17, 15) is 9.90 Å². The molecule has 1 aromatic carbocycles. The third-order valence-corrected chi connectivity index (χ3v) is 7.62. The van der Waals surface area contributed by atoms with Crippen LogP contribution in [0.5, 0.6) is 5.75 Å². The van der Waals surface area contributed by atoms with Gasteiger partial charge in [0.05, 0.1) is 31.1 Å². The zero-order valence-corrected chi connectivity index (χ0v) is 18.6. The molecule has 0 aromatic heterocycles. The quantitative estimate of drug-likeness (QED) is 0.242. The lowest BCUT2D eigenvalue weighted by Crippen LogP contribution is -2.31. The molecule has 0 aliphatic carbocycles. The van der Waals surface area contributed by atoms with Crippen LogP contribution >= 0.6 is 18.4 Å². The molecule has 0 atom stereocenters. The molecule has 2 rings (SSSR count). The van der Waals surface area contributed by atoms with Crippen LogP contribution in [0, 0.1) is 0 Å². The first-order chi connectivity index (χ1) is 12.7. The van der Waals surface area contributed by atoms with Crippen LogP contribution in [0.15, 0.2) is 18.2 Å². The lowest BCUT2D eigenvalue weighted by molar-refractivity contribution is 0.138. The normalized spacial score (nSPS) is 15.3. The monoisotopic (exact) mass is 434 g/mol. The van der Waals surface area contributed by atoms with Crippen molar-refractivity contribution in [1.82, 2.24) is 4.72 Å². The highest BCUT2D eigenvalue weighted by atomic mass is 32.5. The Hall–Kier alpha value is -0.830. The van der Waals surface area contributed by atoms with Gasteiger partial charge < -0.3 is 18.9 Å². The van der Waals surface area contributed by atoms with Gasteiger partial charge in [0.25, 0.3) is 0 Å². The Bertz CT molecular complexity index is 707. The number of nitrogens with zero attached hydrogens (tertiary/aromatic N) is 1. The summed E-state index contributed by atoms with van der Waals surface area (Å²) in [5.74, 6) is 0.822. The van der Waals surface area contributed by atoms with Gasteiger partial charge in [-0.1, -0.05) is 24.1 Å². The smallest absolute Gasteiger partial charge is 0.412 e. The highest BCUT2D eigenvalue weighted by Gasteiger charge is 2.34. The summed E-state index contributed by atoms with van der Waals surface area (Å²) in [5.41, 5.74) is 1.23. The predicted molar refractivity (Wildman–Crippen MR) is 113 cm³/mol. The van der Waals surface area contributed by atoms with Crippen molar-refractivity contribution < 1.29 is 23.7 Å². The predicted octanol–water partition coefficient (Wildman–Crippen LogP) is 4.42. The van der Waals surface area contributed by atoms with E-state index in [1.807, 2.05) is 39.8 Å². The van der Waals surface area contributed by atoms with E-state index in [0.29, 0.717) is 30.9 Å². The largest absolute Gasteiger partial charge is 0.485 e. The van der Waals surface area contributed by atoms with Crippen molar-refractivity contribution in [3.63, 3.8) is 0 Å². The Morgan fingerprint density at radius 2 is 2.07 bits per heavy atom. The van der Waals surface area contributed by atoms with Crippen molar-refractivity contribution in [3.05, 3.63) is 23.8 Å². The first-order valence-electron chi connectivity index (χ1n) is 8.75. The number of nitrogens with one attached hydrogen (secondary N) is 1. The Kier molecular flexibility index (Phi) is 7.97. The minimum Gasteiger partial charge on any atom is -0.485 e. The fourth-order valence-corrected chi connectivity index (χ4v) is 6.41. The number of carbonyl (C=O) groups is 1. The number of hydrogen-bond acceptors (Lipinski definition) is 7. The number of anilines is 1. The third-order valence-electron chi connectivity index (χ3n) is 3.80. The van der Waals surface area contributed by atoms with Crippen LogP contribution in [0.4, 0.5) is 10.5 Å². The Balaban J connectivity index is 2.03. The molecule has 1 aromatic rings. The number of para-hydroxylation sites is 1. The second-order valence-electron chi connectivity index (χ2n) is 6.54. The fourth-order valence-electron chi connectivity index (χ4n) is 2.80. The van der Waals surface area contributed by atoms with Crippen molar-refractivity contribution in [2.75, 3.05) is 30.3 Å². The number of amides is 1. The molecule has 0 saturated carbocycles. The highest BCUT2D eigenvalue weighted by molar-refractivity contribution is 8.10. The molecule has 0 fully saturated rings. The molecule has 1 aliphatic rings. The van der Waals surface area contributed by atoms with Crippen LogP contribution in [-0.2, 0) is 27.3 Å². The van der Waals surface area contributed by atoms with Gasteiger partial charge in [-0.2, -0.15) is 0 Å². The van der Waals surface area contributed by atoms with Gasteiger partial charge >= 0.3 is 6.09 Å². The molecular weight excluding hydrogens is 407 g/mol. The van der Waals surface area contributed by atoms with Crippen LogP contribution in [0.1, 0.15) is 33.3 Å². The van der Waals surface area contributed by atoms with E-state index in [2.05, 4.69) is 4.72 Å². The Labute approximate surface area is 170 Å². The zero-order valence-electron chi connectivity index (χ0n) is 16.1. The van der Waals surface area contributed by atoms with E-state index in [1.165, 1.54) is 16.8 Å². The van der Waals surface area contributed by atoms with Crippen LogP contribution in [0.3, 0.4) is 0 Å². The molecule has 1 amide bonds. The van der Waals surface area contributed by atoms with Crippen LogP contribution in [-0.4, -0.2) is 42.2 Å².